The fourth-order valence-electron chi connectivity index (χ4n) is 2.02. The Hall–Kier alpha value is -1.59. The van der Waals surface area contributed by atoms with Crippen molar-refractivity contribution in [1.82, 2.24) is 0 Å². The van der Waals surface area contributed by atoms with Crippen LogP contribution in [0.3, 0.4) is 0 Å². The molecule has 2 rings (SSSR count). The molecule has 6 heteroatoms. The minimum atomic E-state index is -0.751. The van der Waals surface area contributed by atoms with Gasteiger partial charge in [-0.3, -0.25) is 4.79 Å². The first-order valence-corrected chi connectivity index (χ1v) is 7.32. The van der Waals surface area contributed by atoms with Gasteiger partial charge >= 0.3 is 0 Å². The van der Waals surface area contributed by atoms with Crippen LogP contribution in [-0.4, -0.2) is 5.91 Å². The summed E-state index contributed by atoms with van der Waals surface area (Å²) in [5.41, 5.74) is 7.42. The minimum Gasteiger partial charge on any atom is -0.370 e. The predicted octanol–water partition coefficient (Wildman–Crippen LogP) is 4.19. The number of nitrogens with two attached hydrogens (primary N) is 1. The normalized spacial score (nSPS) is 12.0. The molecule has 110 valence electrons. The van der Waals surface area contributed by atoms with E-state index in [1.165, 1.54) is 12.1 Å². The summed E-state index contributed by atoms with van der Waals surface area (Å²) < 4.78 is 13.9. The lowest BCUT2D eigenvalue weighted by Crippen LogP contribution is -2.28. The molecular formula is C15H13BrClFN2O. The van der Waals surface area contributed by atoms with Crippen LogP contribution >= 0.6 is 27.5 Å². The second kappa shape index (κ2) is 6.45. The topological polar surface area (TPSA) is 55.1 Å². The molecule has 0 fully saturated rings. The summed E-state index contributed by atoms with van der Waals surface area (Å²) in [5, 5.41) is 3.60. The third-order valence-corrected chi connectivity index (χ3v) is 4.27. The lowest BCUT2D eigenvalue weighted by atomic mass is 10.0. The Morgan fingerprint density at radius 1 is 1.33 bits per heavy atom. The van der Waals surface area contributed by atoms with Crippen LogP contribution in [0.5, 0.6) is 0 Å². The molecule has 1 unspecified atom stereocenters. The van der Waals surface area contributed by atoms with E-state index in [0.717, 1.165) is 0 Å². The summed E-state index contributed by atoms with van der Waals surface area (Å²) in [6, 6.07) is 8.65. The summed E-state index contributed by atoms with van der Waals surface area (Å²) in [6.07, 6.45) is 0. The number of hydrogen-bond acceptors (Lipinski definition) is 2. The van der Waals surface area contributed by atoms with Crippen LogP contribution in [0.25, 0.3) is 0 Å². The highest BCUT2D eigenvalue weighted by atomic mass is 79.9. The lowest BCUT2D eigenvalue weighted by Gasteiger charge is -2.19. The highest BCUT2D eigenvalue weighted by molar-refractivity contribution is 9.10. The number of rotatable bonds is 4. The number of halogens is 3. The van der Waals surface area contributed by atoms with Crippen molar-refractivity contribution in [2.75, 3.05) is 5.32 Å². The van der Waals surface area contributed by atoms with Gasteiger partial charge < -0.3 is 11.1 Å². The number of amides is 1. The summed E-state index contributed by atoms with van der Waals surface area (Å²) in [6.45, 7) is 1.73. The molecule has 2 aromatic carbocycles. The van der Waals surface area contributed by atoms with E-state index in [4.69, 9.17) is 17.3 Å². The lowest BCUT2D eigenvalue weighted by molar-refractivity contribution is -0.118. The predicted molar refractivity (Wildman–Crippen MR) is 85.8 cm³/mol. The van der Waals surface area contributed by atoms with E-state index in [1.54, 1.807) is 31.2 Å². The van der Waals surface area contributed by atoms with Gasteiger partial charge in [0.2, 0.25) is 5.91 Å². The Kier molecular flexibility index (Phi) is 4.85. The Balaban J connectivity index is 2.35. The van der Waals surface area contributed by atoms with Crippen molar-refractivity contribution in [3.63, 3.8) is 0 Å². The molecule has 3 nitrogen and oxygen atoms in total. The van der Waals surface area contributed by atoms with Crippen molar-refractivity contribution in [1.29, 1.82) is 0 Å². The van der Waals surface area contributed by atoms with Gasteiger partial charge in [0.1, 0.15) is 11.9 Å². The fourth-order valence-corrected chi connectivity index (χ4v) is 2.51. The van der Waals surface area contributed by atoms with Crippen LogP contribution in [0.15, 0.2) is 40.9 Å². The molecule has 0 aromatic heterocycles. The molecule has 0 saturated carbocycles. The second-order valence-electron chi connectivity index (χ2n) is 4.61. The number of aryl methyl sites for hydroxylation is 1. The van der Waals surface area contributed by atoms with Crippen molar-refractivity contribution in [2.45, 2.75) is 13.0 Å². The molecule has 0 saturated heterocycles. The van der Waals surface area contributed by atoms with Crippen molar-refractivity contribution in [2.24, 2.45) is 5.73 Å². The van der Waals surface area contributed by atoms with E-state index in [2.05, 4.69) is 21.2 Å². The van der Waals surface area contributed by atoms with Gasteiger partial charge in [0.15, 0.2) is 0 Å². The molecule has 0 bridgehead atoms. The summed E-state index contributed by atoms with van der Waals surface area (Å²) >= 11 is 9.25. The number of anilines is 1. The first-order valence-electron chi connectivity index (χ1n) is 6.15. The van der Waals surface area contributed by atoms with Gasteiger partial charge in [-0.05, 0) is 64.3 Å². The molecule has 1 amide bonds. The van der Waals surface area contributed by atoms with Crippen molar-refractivity contribution < 1.29 is 9.18 Å². The smallest absolute Gasteiger partial charge is 0.244 e. The SMILES string of the molecule is Cc1cc(F)ccc1C(Nc1ccc(Cl)c(Br)c1)C(N)=O. The molecule has 1 atom stereocenters. The molecule has 2 aromatic rings. The fraction of sp³-hybridized carbons (Fsp3) is 0.133. The van der Waals surface area contributed by atoms with E-state index in [-0.39, 0.29) is 5.82 Å². The Labute approximate surface area is 135 Å². The van der Waals surface area contributed by atoms with Crippen molar-refractivity contribution >= 4 is 39.1 Å². The third kappa shape index (κ3) is 3.74. The van der Waals surface area contributed by atoms with Crippen molar-refractivity contribution in [3.8, 4) is 0 Å². The van der Waals surface area contributed by atoms with Gasteiger partial charge in [0, 0.05) is 10.2 Å². The van der Waals surface area contributed by atoms with Gasteiger partial charge in [0.25, 0.3) is 0 Å². The van der Waals surface area contributed by atoms with Crippen LogP contribution in [0.2, 0.25) is 5.02 Å². The second-order valence-corrected chi connectivity index (χ2v) is 5.87. The molecule has 0 aliphatic rings. The Morgan fingerprint density at radius 2 is 2.05 bits per heavy atom. The molecule has 0 aliphatic carbocycles. The quantitative estimate of drug-likeness (QED) is 0.847. The van der Waals surface area contributed by atoms with Crippen LogP contribution in [0.4, 0.5) is 10.1 Å². The molecule has 0 radical (unpaired) electrons. The maximum absolute atomic E-state index is 13.2. The van der Waals surface area contributed by atoms with E-state index in [9.17, 15) is 9.18 Å². The van der Waals surface area contributed by atoms with Gasteiger partial charge in [-0.2, -0.15) is 0 Å². The van der Waals surface area contributed by atoms with Gasteiger partial charge in [-0.15, -0.1) is 0 Å². The van der Waals surface area contributed by atoms with E-state index in [0.29, 0.717) is 26.3 Å². The number of benzene rings is 2. The average molecular weight is 372 g/mol. The van der Waals surface area contributed by atoms with Gasteiger partial charge in [-0.1, -0.05) is 17.7 Å². The average Bonchev–Trinajstić information content (AvgIpc) is 2.40. The zero-order chi connectivity index (χ0) is 15.6. The number of nitrogens with one attached hydrogen (secondary N) is 1. The highest BCUT2D eigenvalue weighted by Crippen LogP contribution is 2.28. The molecule has 3 N–H and O–H groups in total. The van der Waals surface area contributed by atoms with Crippen LogP contribution in [0.1, 0.15) is 17.2 Å². The van der Waals surface area contributed by atoms with Crippen molar-refractivity contribution in [3.05, 3.63) is 62.8 Å². The molecule has 0 spiro atoms. The summed E-state index contributed by atoms with van der Waals surface area (Å²) in [7, 11) is 0. The van der Waals surface area contributed by atoms with Crippen LogP contribution in [0, 0.1) is 12.7 Å². The monoisotopic (exact) mass is 370 g/mol. The van der Waals surface area contributed by atoms with Gasteiger partial charge in [-0.25, -0.2) is 4.39 Å². The minimum absolute atomic E-state index is 0.353. The number of primary amides is 1. The molecular weight excluding hydrogens is 359 g/mol. The Bertz CT molecular complexity index is 693. The first kappa shape index (κ1) is 15.8. The standard InChI is InChI=1S/C15H13BrClFN2O/c1-8-6-9(18)2-4-11(8)14(15(19)21)20-10-3-5-13(17)12(16)7-10/h2-7,14,20H,1H3,(H2,19,21). The largest absolute Gasteiger partial charge is 0.370 e. The number of hydrogen-bond donors (Lipinski definition) is 2. The zero-order valence-electron chi connectivity index (χ0n) is 11.2. The molecule has 0 heterocycles. The molecule has 21 heavy (non-hydrogen) atoms. The third-order valence-electron chi connectivity index (χ3n) is 3.06. The van der Waals surface area contributed by atoms with Gasteiger partial charge in [0.05, 0.1) is 5.02 Å². The maximum atomic E-state index is 13.2. The highest BCUT2D eigenvalue weighted by Gasteiger charge is 2.20. The molecule has 0 aliphatic heterocycles. The van der Waals surface area contributed by atoms with Crippen LogP contribution < -0.4 is 11.1 Å². The number of carbonyl (C=O) groups is 1. The van der Waals surface area contributed by atoms with Crippen LogP contribution in [-0.2, 0) is 4.79 Å². The summed E-state index contributed by atoms with van der Waals surface area (Å²) in [5.74, 6) is -0.899. The van der Waals surface area contributed by atoms with E-state index >= 15 is 0 Å². The Morgan fingerprint density at radius 3 is 2.62 bits per heavy atom. The first-order chi connectivity index (χ1) is 9.88. The summed E-state index contributed by atoms with van der Waals surface area (Å²) in [4.78, 5) is 11.7. The van der Waals surface area contributed by atoms with E-state index in [1.807, 2.05) is 0 Å². The number of carbonyl (C=O) groups excluding carboxylic acids is 1. The zero-order valence-corrected chi connectivity index (χ0v) is 13.5. The maximum Gasteiger partial charge on any atom is 0.244 e. The van der Waals surface area contributed by atoms with E-state index < -0.39 is 11.9 Å².